The standard InChI is InChI=1S/C4H6O5S/c1-10(5,6)9-4-2-7-3-8-4/h2H,3H2,1H3. The zero-order chi connectivity index (χ0) is 7.61. The Hall–Kier alpha value is -0.910. The number of hydrogen-bond donors (Lipinski definition) is 0. The highest BCUT2D eigenvalue weighted by molar-refractivity contribution is 7.86. The Bertz CT molecular complexity index is 238. The molecule has 0 amide bonds. The first-order valence-electron chi connectivity index (χ1n) is 2.42. The predicted molar refractivity (Wildman–Crippen MR) is 31.0 cm³/mol. The number of ether oxygens (including phenoxy) is 2. The highest BCUT2D eigenvalue weighted by Gasteiger charge is 2.12. The van der Waals surface area contributed by atoms with Gasteiger partial charge in [0.25, 0.3) is 0 Å². The maximum absolute atomic E-state index is 10.4. The Kier molecular flexibility index (Phi) is 1.71. The average Bonchev–Trinajstić information content (AvgIpc) is 2.12. The molecule has 58 valence electrons. The molecular weight excluding hydrogens is 160 g/mol. The minimum atomic E-state index is -3.48. The first-order chi connectivity index (χ1) is 4.58. The van der Waals surface area contributed by atoms with E-state index in [1.165, 1.54) is 0 Å². The fourth-order valence-corrected chi connectivity index (χ4v) is 0.807. The van der Waals surface area contributed by atoms with Crippen molar-refractivity contribution in [3.63, 3.8) is 0 Å². The quantitative estimate of drug-likeness (QED) is 0.530. The number of rotatable bonds is 2. The van der Waals surface area contributed by atoms with Crippen LogP contribution >= 0.6 is 0 Å². The van der Waals surface area contributed by atoms with Crippen molar-refractivity contribution in [1.82, 2.24) is 0 Å². The van der Waals surface area contributed by atoms with Crippen LogP contribution in [0.15, 0.2) is 12.2 Å². The lowest BCUT2D eigenvalue weighted by molar-refractivity contribution is 0.0461. The van der Waals surface area contributed by atoms with Crippen LogP contribution < -0.4 is 0 Å². The summed E-state index contributed by atoms with van der Waals surface area (Å²) < 4.78 is 34.2. The highest BCUT2D eigenvalue weighted by atomic mass is 32.2. The molecule has 0 saturated heterocycles. The summed E-state index contributed by atoms with van der Waals surface area (Å²) in [4.78, 5) is 0. The highest BCUT2D eigenvalue weighted by Crippen LogP contribution is 2.09. The van der Waals surface area contributed by atoms with Gasteiger partial charge in [0.15, 0.2) is 6.26 Å². The van der Waals surface area contributed by atoms with Gasteiger partial charge in [-0.15, -0.1) is 0 Å². The molecule has 5 nitrogen and oxygen atoms in total. The van der Waals surface area contributed by atoms with Gasteiger partial charge in [-0.2, -0.15) is 8.42 Å². The monoisotopic (exact) mass is 166 g/mol. The lowest BCUT2D eigenvalue weighted by Gasteiger charge is -1.99. The van der Waals surface area contributed by atoms with Gasteiger partial charge in [0.2, 0.25) is 6.79 Å². The van der Waals surface area contributed by atoms with E-state index in [4.69, 9.17) is 0 Å². The summed E-state index contributed by atoms with van der Waals surface area (Å²) in [5, 5.41) is 0. The molecule has 0 aromatic heterocycles. The smallest absolute Gasteiger partial charge is 0.335 e. The number of hydrogen-bond acceptors (Lipinski definition) is 5. The van der Waals surface area contributed by atoms with E-state index in [1.807, 2.05) is 0 Å². The van der Waals surface area contributed by atoms with Crippen molar-refractivity contribution in [3.8, 4) is 0 Å². The van der Waals surface area contributed by atoms with Gasteiger partial charge in [-0.05, 0) is 0 Å². The third-order valence-electron chi connectivity index (χ3n) is 0.682. The SMILES string of the molecule is CS(=O)(=O)OC1=COCO1. The summed E-state index contributed by atoms with van der Waals surface area (Å²) in [7, 11) is -3.48. The molecule has 0 bridgehead atoms. The zero-order valence-electron chi connectivity index (χ0n) is 5.23. The maximum atomic E-state index is 10.4. The minimum Gasteiger partial charge on any atom is -0.458 e. The summed E-state index contributed by atoms with van der Waals surface area (Å²) in [6, 6.07) is 0. The molecule has 1 heterocycles. The van der Waals surface area contributed by atoms with E-state index in [-0.39, 0.29) is 12.7 Å². The molecule has 0 saturated carbocycles. The van der Waals surface area contributed by atoms with Crippen LogP contribution in [0.25, 0.3) is 0 Å². The summed E-state index contributed by atoms with van der Waals surface area (Å²) in [6.45, 7) is 0.00481. The van der Waals surface area contributed by atoms with Crippen molar-refractivity contribution in [2.75, 3.05) is 13.0 Å². The lowest BCUT2D eigenvalue weighted by Crippen LogP contribution is -2.02. The largest absolute Gasteiger partial charge is 0.458 e. The molecule has 10 heavy (non-hydrogen) atoms. The van der Waals surface area contributed by atoms with Gasteiger partial charge < -0.3 is 13.7 Å². The second-order valence-electron chi connectivity index (χ2n) is 1.65. The summed E-state index contributed by atoms with van der Waals surface area (Å²) in [6.07, 6.45) is 2.02. The third-order valence-corrected chi connectivity index (χ3v) is 1.15. The van der Waals surface area contributed by atoms with Gasteiger partial charge in [-0.1, -0.05) is 0 Å². The second kappa shape index (κ2) is 2.37. The van der Waals surface area contributed by atoms with Crippen LogP contribution in [0.2, 0.25) is 0 Å². The first kappa shape index (κ1) is 7.20. The molecule has 0 aromatic rings. The first-order valence-corrected chi connectivity index (χ1v) is 4.23. The fourth-order valence-electron chi connectivity index (χ4n) is 0.421. The van der Waals surface area contributed by atoms with Crippen LogP contribution in [0, 0.1) is 0 Å². The van der Waals surface area contributed by atoms with E-state index >= 15 is 0 Å². The van der Waals surface area contributed by atoms with Gasteiger partial charge in [-0.3, -0.25) is 0 Å². The minimum absolute atomic E-state index is 0.00481. The lowest BCUT2D eigenvalue weighted by atomic mass is 11.0. The van der Waals surface area contributed by atoms with Crippen LogP contribution in [-0.2, 0) is 23.8 Å². The van der Waals surface area contributed by atoms with Gasteiger partial charge in [0.05, 0.1) is 6.26 Å². The fraction of sp³-hybridized carbons (Fsp3) is 0.500. The molecule has 0 fully saturated rings. The molecule has 0 spiro atoms. The van der Waals surface area contributed by atoms with E-state index < -0.39 is 10.1 Å². The third kappa shape index (κ3) is 2.14. The molecule has 0 aliphatic carbocycles. The Labute approximate surface area is 58.3 Å². The van der Waals surface area contributed by atoms with Crippen LogP contribution in [0.5, 0.6) is 0 Å². The molecule has 1 aliphatic rings. The normalized spacial score (nSPS) is 17.1. The molecule has 1 aliphatic heterocycles. The molecule has 0 N–H and O–H groups in total. The van der Waals surface area contributed by atoms with Crippen LogP contribution in [0.4, 0.5) is 0 Å². The van der Waals surface area contributed by atoms with Crippen molar-refractivity contribution in [3.05, 3.63) is 12.2 Å². The molecule has 0 radical (unpaired) electrons. The average molecular weight is 166 g/mol. The van der Waals surface area contributed by atoms with Crippen molar-refractivity contribution >= 4 is 10.1 Å². The summed E-state index contributed by atoms with van der Waals surface area (Å²) >= 11 is 0. The van der Waals surface area contributed by atoms with Gasteiger partial charge >= 0.3 is 16.1 Å². The van der Waals surface area contributed by atoms with Crippen molar-refractivity contribution in [1.29, 1.82) is 0 Å². The Morgan fingerprint density at radius 3 is 2.80 bits per heavy atom. The molecular formula is C4H6O5S. The van der Waals surface area contributed by atoms with E-state index in [0.29, 0.717) is 0 Å². The molecule has 0 atom stereocenters. The van der Waals surface area contributed by atoms with Gasteiger partial charge in [0, 0.05) is 0 Å². The van der Waals surface area contributed by atoms with Crippen molar-refractivity contribution in [2.45, 2.75) is 0 Å². The Balaban J connectivity index is 2.54. The van der Waals surface area contributed by atoms with E-state index in [0.717, 1.165) is 12.5 Å². The van der Waals surface area contributed by atoms with Crippen LogP contribution in [-0.4, -0.2) is 21.5 Å². The van der Waals surface area contributed by atoms with Gasteiger partial charge in [-0.25, -0.2) is 0 Å². The van der Waals surface area contributed by atoms with E-state index in [1.54, 1.807) is 0 Å². The van der Waals surface area contributed by atoms with Crippen LogP contribution in [0.3, 0.4) is 0 Å². The topological polar surface area (TPSA) is 61.8 Å². The van der Waals surface area contributed by atoms with Crippen molar-refractivity contribution in [2.24, 2.45) is 0 Å². The molecule has 0 unspecified atom stereocenters. The molecule has 6 heteroatoms. The van der Waals surface area contributed by atoms with Crippen molar-refractivity contribution < 1.29 is 22.1 Å². The second-order valence-corrected chi connectivity index (χ2v) is 3.23. The Morgan fingerprint density at radius 1 is 1.70 bits per heavy atom. The maximum Gasteiger partial charge on any atom is 0.335 e. The zero-order valence-corrected chi connectivity index (χ0v) is 6.05. The Morgan fingerprint density at radius 2 is 2.40 bits per heavy atom. The van der Waals surface area contributed by atoms with E-state index in [9.17, 15) is 8.42 Å². The molecule has 1 rings (SSSR count). The predicted octanol–water partition coefficient (Wildman–Crippen LogP) is -0.234. The summed E-state index contributed by atoms with van der Waals surface area (Å²) in [5.41, 5.74) is 0. The van der Waals surface area contributed by atoms with E-state index in [2.05, 4.69) is 13.7 Å². The molecule has 0 aromatic carbocycles. The summed E-state index contributed by atoms with van der Waals surface area (Å²) in [5.74, 6) is -0.123. The van der Waals surface area contributed by atoms with Gasteiger partial charge in [0.1, 0.15) is 0 Å². The van der Waals surface area contributed by atoms with Crippen LogP contribution in [0.1, 0.15) is 0 Å².